The van der Waals surface area contributed by atoms with E-state index in [0.29, 0.717) is 23.0 Å². The molecular weight excluding hydrogens is 359 g/mol. The lowest BCUT2D eigenvalue weighted by molar-refractivity contribution is -0.121. The Morgan fingerprint density at radius 1 is 1.30 bits per heavy atom. The molecule has 1 aromatic carbocycles. The number of hydrogen-bond donors (Lipinski definition) is 1. The number of benzene rings is 1. The fourth-order valence-electron chi connectivity index (χ4n) is 1.95. The van der Waals surface area contributed by atoms with Crippen LogP contribution < -0.4 is 5.32 Å². The lowest BCUT2D eigenvalue weighted by atomic mass is 10.1. The number of sulfonamides is 1. The molecule has 0 aliphatic heterocycles. The van der Waals surface area contributed by atoms with Crippen molar-refractivity contribution in [1.29, 1.82) is 0 Å². The van der Waals surface area contributed by atoms with Crippen molar-refractivity contribution in [1.82, 2.24) is 9.62 Å². The Balaban J connectivity index is 2.67. The number of nitrogens with one attached hydrogen (secondary N) is 1. The fraction of sp³-hybridized carbons (Fsp3) is 0.533. The van der Waals surface area contributed by atoms with Gasteiger partial charge in [-0.15, -0.1) is 0 Å². The second-order valence-corrected chi connectivity index (χ2v) is 8.11. The van der Waals surface area contributed by atoms with Crippen LogP contribution in [0.1, 0.15) is 25.3 Å². The SMILES string of the molecule is CCCCNC(=O)CN(CCc1ccc(Cl)cc1Cl)S(C)(=O)=O. The van der Waals surface area contributed by atoms with Crippen LogP contribution in [-0.4, -0.2) is 44.5 Å². The molecule has 8 heteroatoms. The monoisotopic (exact) mass is 380 g/mol. The van der Waals surface area contributed by atoms with E-state index in [1.807, 2.05) is 6.92 Å². The number of halogens is 2. The second-order valence-electron chi connectivity index (χ2n) is 5.29. The van der Waals surface area contributed by atoms with Gasteiger partial charge >= 0.3 is 0 Å². The number of carbonyl (C=O) groups is 1. The quantitative estimate of drug-likeness (QED) is 0.669. The average Bonchev–Trinajstić information content (AvgIpc) is 2.44. The minimum atomic E-state index is -3.48. The van der Waals surface area contributed by atoms with E-state index in [4.69, 9.17) is 23.2 Å². The van der Waals surface area contributed by atoms with Crippen LogP contribution in [0.2, 0.25) is 10.0 Å². The van der Waals surface area contributed by atoms with E-state index in [0.717, 1.165) is 29.0 Å². The fourth-order valence-corrected chi connectivity index (χ4v) is 3.23. The van der Waals surface area contributed by atoms with Crippen LogP contribution in [0.15, 0.2) is 18.2 Å². The van der Waals surface area contributed by atoms with E-state index < -0.39 is 10.0 Å². The molecule has 1 aromatic rings. The summed E-state index contributed by atoms with van der Waals surface area (Å²) in [4.78, 5) is 11.8. The van der Waals surface area contributed by atoms with Gasteiger partial charge in [0.25, 0.3) is 0 Å². The number of carbonyl (C=O) groups excluding carboxylic acids is 1. The predicted octanol–water partition coefficient (Wildman–Crippen LogP) is 2.71. The maximum absolute atomic E-state index is 11.8. The largest absolute Gasteiger partial charge is 0.355 e. The Morgan fingerprint density at radius 2 is 2.00 bits per heavy atom. The summed E-state index contributed by atoms with van der Waals surface area (Å²) in [7, 11) is -3.48. The zero-order valence-electron chi connectivity index (χ0n) is 13.3. The number of rotatable bonds is 9. The highest BCUT2D eigenvalue weighted by Crippen LogP contribution is 2.21. The molecule has 0 saturated carbocycles. The summed E-state index contributed by atoms with van der Waals surface area (Å²) in [6.45, 7) is 2.57. The van der Waals surface area contributed by atoms with Crippen LogP contribution in [-0.2, 0) is 21.2 Å². The molecule has 0 fully saturated rings. The standard InChI is InChI=1S/C15H22Cl2N2O3S/c1-3-4-8-18-15(20)11-19(23(2,21)22)9-7-12-5-6-13(16)10-14(12)17/h5-6,10H,3-4,7-9,11H2,1-2H3,(H,18,20). The molecule has 0 atom stereocenters. The molecule has 130 valence electrons. The maximum atomic E-state index is 11.8. The molecule has 0 aliphatic carbocycles. The highest BCUT2D eigenvalue weighted by Gasteiger charge is 2.20. The van der Waals surface area contributed by atoms with E-state index in [9.17, 15) is 13.2 Å². The number of hydrogen-bond acceptors (Lipinski definition) is 3. The summed E-state index contributed by atoms with van der Waals surface area (Å²) < 4.78 is 24.9. The van der Waals surface area contributed by atoms with Crippen molar-refractivity contribution in [2.45, 2.75) is 26.2 Å². The van der Waals surface area contributed by atoms with Gasteiger partial charge in [-0.2, -0.15) is 4.31 Å². The normalized spacial score (nSPS) is 11.7. The maximum Gasteiger partial charge on any atom is 0.235 e. The minimum Gasteiger partial charge on any atom is -0.355 e. The van der Waals surface area contributed by atoms with Crippen molar-refractivity contribution in [2.24, 2.45) is 0 Å². The Kier molecular flexibility index (Phi) is 8.33. The van der Waals surface area contributed by atoms with Gasteiger partial charge in [-0.05, 0) is 30.5 Å². The van der Waals surface area contributed by atoms with E-state index in [-0.39, 0.29) is 19.0 Å². The summed E-state index contributed by atoms with van der Waals surface area (Å²) in [6.07, 6.45) is 3.33. The van der Waals surface area contributed by atoms with Crippen molar-refractivity contribution < 1.29 is 13.2 Å². The van der Waals surface area contributed by atoms with Crippen LogP contribution in [0.4, 0.5) is 0 Å². The van der Waals surface area contributed by atoms with Gasteiger partial charge < -0.3 is 5.32 Å². The Morgan fingerprint density at radius 3 is 2.57 bits per heavy atom. The number of amides is 1. The van der Waals surface area contributed by atoms with Gasteiger partial charge in [-0.3, -0.25) is 4.79 Å². The highest BCUT2D eigenvalue weighted by atomic mass is 35.5. The molecule has 1 amide bonds. The highest BCUT2D eigenvalue weighted by molar-refractivity contribution is 7.88. The van der Waals surface area contributed by atoms with Gasteiger partial charge in [-0.25, -0.2) is 8.42 Å². The van der Waals surface area contributed by atoms with Crippen LogP contribution >= 0.6 is 23.2 Å². The first-order valence-electron chi connectivity index (χ1n) is 7.39. The van der Waals surface area contributed by atoms with Crippen LogP contribution in [0.3, 0.4) is 0 Å². The van der Waals surface area contributed by atoms with E-state index in [1.165, 1.54) is 0 Å². The van der Waals surface area contributed by atoms with E-state index >= 15 is 0 Å². The summed E-state index contributed by atoms with van der Waals surface area (Å²) in [5.41, 5.74) is 0.788. The zero-order valence-corrected chi connectivity index (χ0v) is 15.6. The number of unbranched alkanes of at least 4 members (excludes halogenated alkanes) is 1. The first-order chi connectivity index (χ1) is 10.7. The van der Waals surface area contributed by atoms with Crippen molar-refractivity contribution in [3.63, 3.8) is 0 Å². The van der Waals surface area contributed by atoms with Crippen LogP contribution in [0, 0.1) is 0 Å². The van der Waals surface area contributed by atoms with Crippen LogP contribution in [0.25, 0.3) is 0 Å². The topological polar surface area (TPSA) is 66.5 Å². The summed E-state index contributed by atoms with van der Waals surface area (Å²) in [5.74, 6) is -0.300. The molecule has 5 nitrogen and oxygen atoms in total. The third kappa shape index (κ3) is 7.52. The Labute approximate surface area is 148 Å². The molecule has 0 heterocycles. The van der Waals surface area contributed by atoms with Crippen molar-refractivity contribution in [3.05, 3.63) is 33.8 Å². The van der Waals surface area contributed by atoms with Crippen molar-refractivity contribution in [2.75, 3.05) is 25.9 Å². The molecule has 1 N–H and O–H groups in total. The molecule has 0 aliphatic rings. The first-order valence-corrected chi connectivity index (χ1v) is 10.00. The summed E-state index contributed by atoms with van der Waals surface area (Å²) >= 11 is 11.9. The molecule has 0 bridgehead atoms. The number of nitrogens with zero attached hydrogens (tertiary/aromatic N) is 1. The van der Waals surface area contributed by atoms with Gasteiger partial charge in [0.2, 0.25) is 15.9 Å². The molecule has 0 aromatic heterocycles. The van der Waals surface area contributed by atoms with Gasteiger partial charge in [0, 0.05) is 23.1 Å². The molecule has 0 saturated heterocycles. The third-order valence-corrected chi connectivity index (χ3v) is 5.12. The van der Waals surface area contributed by atoms with Crippen molar-refractivity contribution >= 4 is 39.1 Å². The lowest BCUT2D eigenvalue weighted by Gasteiger charge is -2.19. The molecular formula is C15H22Cl2N2O3S. The first kappa shape index (κ1) is 20.2. The Hall–Kier alpha value is -0.820. The molecule has 0 radical (unpaired) electrons. The zero-order chi connectivity index (χ0) is 17.5. The summed E-state index contributed by atoms with van der Waals surface area (Å²) in [5, 5.41) is 3.72. The Bertz CT molecular complexity index is 636. The van der Waals surface area contributed by atoms with Crippen LogP contribution in [0.5, 0.6) is 0 Å². The molecule has 0 spiro atoms. The van der Waals surface area contributed by atoms with Gasteiger partial charge in [0.1, 0.15) is 0 Å². The molecule has 0 unspecified atom stereocenters. The van der Waals surface area contributed by atoms with E-state index in [2.05, 4.69) is 5.32 Å². The third-order valence-electron chi connectivity index (χ3n) is 3.29. The van der Waals surface area contributed by atoms with Gasteiger partial charge in [0.05, 0.1) is 12.8 Å². The predicted molar refractivity (Wildman–Crippen MR) is 94.5 cm³/mol. The minimum absolute atomic E-state index is 0.182. The van der Waals surface area contributed by atoms with Gasteiger partial charge in [-0.1, -0.05) is 42.6 Å². The lowest BCUT2D eigenvalue weighted by Crippen LogP contribution is -2.41. The average molecular weight is 381 g/mol. The van der Waals surface area contributed by atoms with Crippen molar-refractivity contribution in [3.8, 4) is 0 Å². The molecule has 23 heavy (non-hydrogen) atoms. The van der Waals surface area contributed by atoms with Gasteiger partial charge in [0.15, 0.2) is 0 Å². The smallest absolute Gasteiger partial charge is 0.235 e. The molecule has 1 rings (SSSR count). The second kappa shape index (κ2) is 9.47. The van der Waals surface area contributed by atoms with E-state index in [1.54, 1.807) is 18.2 Å². The summed E-state index contributed by atoms with van der Waals surface area (Å²) in [6, 6.07) is 5.07.